The van der Waals surface area contributed by atoms with Gasteiger partial charge in [-0.15, -0.1) is 0 Å². The Kier molecular flexibility index (Phi) is 13.8. The number of carbonyl (C=O) groups excluding carboxylic acids is 1. The zero-order valence-corrected chi connectivity index (χ0v) is 22.3. The van der Waals surface area contributed by atoms with Crippen molar-refractivity contribution >= 4 is 13.2 Å². The summed E-state index contributed by atoms with van der Waals surface area (Å²) in [6, 6.07) is 0. The summed E-state index contributed by atoms with van der Waals surface area (Å²) in [5.41, 5.74) is 0.885. The minimum Gasteiger partial charge on any atom is -0.368 e. The minimum absolute atomic E-state index is 0.0122. The first-order valence-electron chi connectivity index (χ1n) is 15.3. The molecule has 3 rings (SSSR count). The fourth-order valence-corrected chi connectivity index (χ4v) is 6.90. The van der Waals surface area contributed by atoms with Crippen LogP contribution in [-0.4, -0.2) is 25.9 Å². The van der Waals surface area contributed by atoms with E-state index in [-0.39, 0.29) is 18.6 Å². The zero-order valence-electron chi connectivity index (χ0n) is 22.3. The molecule has 4 heteroatoms. The molecule has 3 nitrogen and oxygen atoms in total. The lowest BCUT2D eigenvalue weighted by atomic mass is 9.49. The quantitative estimate of drug-likeness (QED) is 0.344. The van der Waals surface area contributed by atoms with E-state index >= 15 is 0 Å². The lowest BCUT2D eigenvalue weighted by Gasteiger charge is -2.28. The van der Waals surface area contributed by atoms with Gasteiger partial charge in [-0.2, -0.15) is 0 Å². The molecular formula is C30H54BNO2. The molecule has 0 atom stereocenters. The van der Waals surface area contributed by atoms with Crippen molar-refractivity contribution in [1.82, 2.24) is 5.32 Å². The van der Waals surface area contributed by atoms with Gasteiger partial charge in [-0.25, -0.2) is 0 Å². The fourth-order valence-electron chi connectivity index (χ4n) is 6.90. The molecule has 194 valence electrons. The van der Waals surface area contributed by atoms with Crippen LogP contribution in [0.15, 0.2) is 12.3 Å². The van der Waals surface area contributed by atoms with Crippen molar-refractivity contribution in [3.8, 4) is 0 Å². The molecule has 0 saturated heterocycles. The van der Waals surface area contributed by atoms with E-state index in [4.69, 9.17) is 4.74 Å². The highest BCUT2D eigenvalue weighted by Crippen LogP contribution is 2.36. The van der Waals surface area contributed by atoms with E-state index in [0.29, 0.717) is 0 Å². The van der Waals surface area contributed by atoms with Crippen molar-refractivity contribution in [1.29, 1.82) is 0 Å². The lowest BCUT2D eigenvalue weighted by molar-refractivity contribution is -0.127. The van der Waals surface area contributed by atoms with Crippen molar-refractivity contribution in [2.24, 2.45) is 5.92 Å². The summed E-state index contributed by atoms with van der Waals surface area (Å²) in [7, 11) is 1.51. The average Bonchev–Trinajstić information content (AvgIpc) is 2.75. The highest BCUT2D eigenvalue weighted by atomic mass is 16.5. The third kappa shape index (κ3) is 11.8. The summed E-state index contributed by atoms with van der Waals surface area (Å²) in [4.78, 5) is 12.3. The second-order valence-corrected chi connectivity index (χ2v) is 12.0. The maximum absolute atomic E-state index is 12.3. The smallest absolute Gasteiger partial charge is 0.250 e. The van der Waals surface area contributed by atoms with Gasteiger partial charge in [0.1, 0.15) is 13.9 Å². The molecule has 0 aliphatic heterocycles. The Hall–Kier alpha value is -0.765. The lowest BCUT2D eigenvalue weighted by Crippen LogP contribution is -2.29. The Labute approximate surface area is 211 Å². The maximum atomic E-state index is 12.3. The molecule has 34 heavy (non-hydrogen) atoms. The summed E-state index contributed by atoms with van der Waals surface area (Å²) < 4.78 is 5.93. The van der Waals surface area contributed by atoms with Crippen LogP contribution < -0.4 is 5.32 Å². The molecule has 1 amide bonds. The fraction of sp³-hybridized carbons (Fsp3) is 0.900. The van der Waals surface area contributed by atoms with Gasteiger partial charge in [-0.05, 0) is 31.6 Å². The van der Waals surface area contributed by atoms with E-state index in [9.17, 15) is 4.79 Å². The summed E-state index contributed by atoms with van der Waals surface area (Å²) in [5, 5.41) is 3.02. The SMILES string of the molecule is C=C(CCC1CCCC(BC2CCCCCCC2)CCC1)NC(=O)COC1CCCCCCC1. The molecule has 3 aliphatic carbocycles. The molecule has 3 fully saturated rings. The van der Waals surface area contributed by atoms with Gasteiger partial charge < -0.3 is 10.1 Å². The second kappa shape index (κ2) is 16.8. The van der Waals surface area contributed by atoms with Crippen molar-refractivity contribution in [2.75, 3.05) is 6.61 Å². The molecule has 0 aromatic rings. The van der Waals surface area contributed by atoms with Gasteiger partial charge in [-0.1, -0.05) is 134 Å². The molecule has 0 aromatic heterocycles. The number of amides is 1. The largest absolute Gasteiger partial charge is 0.368 e. The standard InChI is InChI=1S/C30H54BNO2/c1-25(32-30(33)24-34-29-20-10-6-3-7-11-21-29)22-23-26-14-12-18-28(19-13-15-26)31-27-16-8-4-2-5-9-17-27/h26-29,31H,1-24H2,(H,32,33). The van der Waals surface area contributed by atoms with E-state index in [0.717, 1.165) is 42.5 Å². The topological polar surface area (TPSA) is 38.3 Å². The zero-order chi connectivity index (χ0) is 23.8. The van der Waals surface area contributed by atoms with E-state index in [1.807, 2.05) is 0 Å². The molecule has 0 unspecified atom stereocenters. The highest BCUT2D eigenvalue weighted by molar-refractivity contribution is 6.39. The van der Waals surface area contributed by atoms with Gasteiger partial charge >= 0.3 is 0 Å². The summed E-state index contributed by atoms with van der Waals surface area (Å²) in [6.07, 6.45) is 29.8. The maximum Gasteiger partial charge on any atom is 0.250 e. The number of carbonyl (C=O) groups is 1. The predicted molar refractivity (Wildman–Crippen MR) is 147 cm³/mol. The first kappa shape index (κ1) is 27.8. The van der Waals surface area contributed by atoms with Crippen LogP contribution in [0, 0.1) is 5.92 Å². The Balaban J connectivity index is 1.26. The van der Waals surface area contributed by atoms with Gasteiger partial charge in [-0.3, -0.25) is 4.79 Å². The Morgan fingerprint density at radius 1 is 0.706 bits per heavy atom. The summed E-state index contributed by atoms with van der Waals surface area (Å²) >= 11 is 0. The molecule has 3 aliphatic rings. The van der Waals surface area contributed by atoms with Crippen LogP contribution in [0.2, 0.25) is 11.6 Å². The van der Waals surface area contributed by atoms with Crippen LogP contribution in [0.3, 0.4) is 0 Å². The number of rotatable bonds is 9. The molecule has 0 radical (unpaired) electrons. The van der Waals surface area contributed by atoms with Gasteiger partial charge in [0.2, 0.25) is 5.91 Å². The van der Waals surface area contributed by atoms with E-state index < -0.39 is 0 Å². The highest BCUT2D eigenvalue weighted by Gasteiger charge is 2.22. The second-order valence-electron chi connectivity index (χ2n) is 12.0. The molecule has 3 saturated carbocycles. The molecule has 0 aromatic carbocycles. The number of allylic oxidation sites excluding steroid dienone is 1. The van der Waals surface area contributed by atoms with Crippen molar-refractivity contribution in [3.05, 3.63) is 12.3 Å². The van der Waals surface area contributed by atoms with Gasteiger partial charge in [0.25, 0.3) is 0 Å². The molecular weight excluding hydrogens is 417 g/mol. The predicted octanol–water partition coefficient (Wildman–Crippen LogP) is 8.25. The third-order valence-corrected chi connectivity index (χ3v) is 9.01. The number of ether oxygens (including phenoxy) is 1. The monoisotopic (exact) mass is 471 g/mol. The van der Waals surface area contributed by atoms with E-state index in [2.05, 4.69) is 11.9 Å². The van der Waals surface area contributed by atoms with Crippen molar-refractivity contribution < 1.29 is 9.53 Å². The van der Waals surface area contributed by atoms with Gasteiger partial charge in [0.05, 0.1) is 6.10 Å². The van der Waals surface area contributed by atoms with Crippen LogP contribution in [0.4, 0.5) is 0 Å². The molecule has 0 heterocycles. The van der Waals surface area contributed by atoms with Crippen molar-refractivity contribution in [2.45, 2.75) is 159 Å². The van der Waals surface area contributed by atoms with Gasteiger partial charge in [0, 0.05) is 5.70 Å². The molecule has 0 spiro atoms. The normalized spacial score (nSPS) is 26.7. The van der Waals surface area contributed by atoms with Gasteiger partial charge in [0.15, 0.2) is 0 Å². The number of hydrogen-bond donors (Lipinski definition) is 1. The first-order chi connectivity index (χ1) is 16.7. The Morgan fingerprint density at radius 3 is 1.79 bits per heavy atom. The van der Waals surface area contributed by atoms with E-state index in [1.165, 1.54) is 129 Å². The van der Waals surface area contributed by atoms with Crippen LogP contribution in [0.5, 0.6) is 0 Å². The van der Waals surface area contributed by atoms with Crippen LogP contribution in [0.25, 0.3) is 0 Å². The first-order valence-corrected chi connectivity index (χ1v) is 15.3. The van der Waals surface area contributed by atoms with E-state index in [1.54, 1.807) is 0 Å². The molecule has 0 bridgehead atoms. The summed E-state index contributed by atoms with van der Waals surface area (Å²) in [6.45, 7) is 4.34. The van der Waals surface area contributed by atoms with Crippen LogP contribution in [-0.2, 0) is 9.53 Å². The Bertz CT molecular complexity index is 554. The minimum atomic E-state index is -0.0122. The summed E-state index contributed by atoms with van der Waals surface area (Å²) in [5.74, 6) is 2.80. The average molecular weight is 472 g/mol. The molecule has 1 N–H and O–H groups in total. The van der Waals surface area contributed by atoms with Crippen LogP contribution in [0.1, 0.15) is 141 Å². The Morgan fingerprint density at radius 2 is 1.21 bits per heavy atom. The van der Waals surface area contributed by atoms with Crippen LogP contribution >= 0.6 is 0 Å². The number of nitrogens with one attached hydrogen (secondary N) is 1. The third-order valence-electron chi connectivity index (χ3n) is 9.01. The van der Waals surface area contributed by atoms with Crippen molar-refractivity contribution in [3.63, 3.8) is 0 Å². The number of hydrogen-bond acceptors (Lipinski definition) is 2.